The Labute approximate surface area is 116 Å². The second-order valence-corrected chi connectivity index (χ2v) is 5.07. The van der Waals surface area contributed by atoms with Gasteiger partial charge in [0.05, 0.1) is 17.1 Å². The van der Waals surface area contributed by atoms with Crippen molar-refractivity contribution in [3.63, 3.8) is 0 Å². The van der Waals surface area contributed by atoms with Crippen LogP contribution in [0.2, 0.25) is 5.02 Å². The zero-order valence-corrected chi connectivity index (χ0v) is 11.3. The van der Waals surface area contributed by atoms with Gasteiger partial charge in [-0.2, -0.15) is 0 Å². The van der Waals surface area contributed by atoms with Gasteiger partial charge in [-0.05, 0) is 31.0 Å². The van der Waals surface area contributed by atoms with Gasteiger partial charge in [-0.3, -0.25) is 4.79 Å². The predicted molar refractivity (Wildman–Crippen MR) is 72.8 cm³/mol. The summed E-state index contributed by atoms with van der Waals surface area (Å²) in [5, 5.41) is 11.9. The highest BCUT2D eigenvalue weighted by Crippen LogP contribution is 2.23. The first-order valence-corrected chi connectivity index (χ1v) is 6.38. The molecule has 102 valence electrons. The molecule has 0 saturated heterocycles. The number of nitrogens with zero attached hydrogens (tertiary/aromatic N) is 1. The Kier molecular flexibility index (Phi) is 3.95. The van der Waals surface area contributed by atoms with Crippen LogP contribution in [0.5, 0.6) is 0 Å². The fourth-order valence-corrected chi connectivity index (χ4v) is 1.98. The third kappa shape index (κ3) is 3.61. The number of halogens is 1. The van der Waals surface area contributed by atoms with Gasteiger partial charge in [0.2, 0.25) is 5.91 Å². The fraction of sp³-hybridized carbons (Fsp3) is 0.385. The van der Waals surface area contributed by atoms with Crippen molar-refractivity contribution in [1.82, 2.24) is 5.32 Å². The molecule has 0 radical (unpaired) electrons. The maximum absolute atomic E-state index is 11.7. The Morgan fingerprint density at radius 1 is 1.47 bits per heavy atom. The molecule has 0 unspecified atom stereocenters. The van der Waals surface area contributed by atoms with E-state index in [1.54, 1.807) is 24.1 Å². The molecule has 1 aromatic carbocycles. The van der Waals surface area contributed by atoms with E-state index in [0.29, 0.717) is 11.7 Å². The number of anilines is 1. The lowest BCUT2D eigenvalue weighted by atomic mass is 10.2. The molecule has 0 heterocycles. The maximum Gasteiger partial charge on any atom is 0.337 e. The first-order valence-electron chi connectivity index (χ1n) is 6.00. The Balaban J connectivity index is 2.01. The number of benzene rings is 1. The summed E-state index contributed by atoms with van der Waals surface area (Å²) >= 11 is 5.89. The van der Waals surface area contributed by atoms with Gasteiger partial charge in [-0.25, -0.2) is 4.79 Å². The van der Waals surface area contributed by atoms with Crippen LogP contribution in [0.25, 0.3) is 0 Å². The van der Waals surface area contributed by atoms with E-state index >= 15 is 0 Å². The quantitative estimate of drug-likeness (QED) is 0.863. The molecule has 1 saturated carbocycles. The maximum atomic E-state index is 11.7. The molecule has 19 heavy (non-hydrogen) atoms. The molecule has 0 spiro atoms. The summed E-state index contributed by atoms with van der Waals surface area (Å²) in [6.07, 6.45) is 2.10. The minimum absolute atomic E-state index is 0.0385. The van der Waals surface area contributed by atoms with Crippen LogP contribution in [0.3, 0.4) is 0 Å². The van der Waals surface area contributed by atoms with Crippen molar-refractivity contribution < 1.29 is 14.7 Å². The highest BCUT2D eigenvalue weighted by Gasteiger charge is 2.23. The number of hydrogen-bond donors (Lipinski definition) is 2. The summed E-state index contributed by atoms with van der Waals surface area (Å²) in [6.45, 7) is 0.221. The number of hydrogen-bond acceptors (Lipinski definition) is 3. The number of carbonyl (C=O) groups excluding carboxylic acids is 1. The Hall–Kier alpha value is -1.75. The van der Waals surface area contributed by atoms with Gasteiger partial charge in [0.15, 0.2) is 0 Å². The molecule has 1 fully saturated rings. The van der Waals surface area contributed by atoms with Crippen LogP contribution in [-0.4, -0.2) is 36.6 Å². The lowest BCUT2D eigenvalue weighted by molar-refractivity contribution is -0.119. The Morgan fingerprint density at radius 3 is 2.68 bits per heavy atom. The van der Waals surface area contributed by atoms with E-state index in [4.69, 9.17) is 16.7 Å². The smallest absolute Gasteiger partial charge is 0.337 e. The van der Waals surface area contributed by atoms with Crippen molar-refractivity contribution in [2.24, 2.45) is 0 Å². The van der Waals surface area contributed by atoms with E-state index in [1.807, 2.05) is 0 Å². The van der Waals surface area contributed by atoms with Gasteiger partial charge in [0.1, 0.15) is 0 Å². The van der Waals surface area contributed by atoms with Crippen LogP contribution < -0.4 is 10.2 Å². The summed E-state index contributed by atoms with van der Waals surface area (Å²) in [7, 11) is 1.76. The van der Waals surface area contributed by atoms with Crippen molar-refractivity contribution in [1.29, 1.82) is 0 Å². The van der Waals surface area contributed by atoms with E-state index in [0.717, 1.165) is 12.8 Å². The number of rotatable bonds is 5. The molecule has 1 amide bonds. The zero-order chi connectivity index (χ0) is 14.0. The highest BCUT2D eigenvalue weighted by atomic mass is 35.5. The summed E-state index contributed by atoms with van der Waals surface area (Å²) in [6, 6.07) is 4.96. The number of carboxylic acid groups (broad SMARTS) is 1. The SMILES string of the molecule is CN(CC(=O)NC1CC1)c1ccc(C(=O)O)c(Cl)c1. The number of carbonyl (C=O) groups is 2. The number of amides is 1. The standard InChI is InChI=1S/C13H15ClN2O3/c1-16(7-12(17)15-8-2-3-8)9-4-5-10(13(18)19)11(14)6-9/h4-6,8H,2-3,7H2,1H3,(H,15,17)(H,18,19). The van der Waals surface area contributed by atoms with Crippen LogP contribution in [0, 0.1) is 0 Å². The summed E-state index contributed by atoms with van der Waals surface area (Å²) in [4.78, 5) is 24.2. The van der Waals surface area contributed by atoms with Crippen LogP contribution in [0.4, 0.5) is 5.69 Å². The van der Waals surface area contributed by atoms with Crippen LogP contribution in [0.1, 0.15) is 23.2 Å². The molecule has 6 heteroatoms. The first kappa shape index (κ1) is 13.7. The summed E-state index contributed by atoms with van der Waals surface area (Å²) in [5.74, 6) is -1.10. The number of aromatic carboxylic acids is 1. The summed E-state index contributed by atoms with van der Waals surface area (Å²) in [5.41, 5.74) is 0.766. The third-order valence-corrected chi connectivity index (χ3v) is 3.26. The van der Waals surface area contributed by atoms with E-state index in [1.165, 1.54) is 6.07 Å². The van der Waals surface area contributed by atoms with Crippen molar-refractivity contribution in [3.8, 4) is 0 Å². The van der Waals surface area contributed by atoms with Crippen LogP contribution >= 0.6 is 11.6 Å². The molecule has 1 aliphatic carbocycles. The normalized spacial score (nSPS) is 14.0. The third-order valence-electron chi connectivity index (χ3n) is 2.95. The van der Waals surface area contributed by atoms with E-state index in [-0.39, 0.29) is 23.0 Å². The minimum Gasteiger partial charge on any atom is -0.478 e. The molecule has 0 aliphatic heterocycles. The van der Waals surface area contributed by atoms with Gasteiger partial charge in [0, 0.05) is 18.8 Å². The lowest BCUT2D eigenvalue weighted by Gasteiger charge is -2.19. The molecule has 0 aromatic heterocycles. The predicted octanol–water partition coefficient (Wildman–Crippen LogP) is 1.75. The van der Waals surface area contributed by atoms with Crippen molar-refractivity contribution in [2.45, 2.75) is 18.9 Å². The van der Waals surface area contributed by atoms with Crippen LogP contribution in [0.15, 0.2) is 18.2 Å². The molecular weight excluding hydrogens is 268 g/mol. The van der Waals surface area contributed by atoms with Gasteiger partial charge in [-0.15, -0.1) is 0 Å². The topological polar surface area (TPSA) is 69.6 Å². The van der Waals surface area contributed by atoms with E-state index in [2.05, 4.69) is 5.32 Å². The van der Waals surface area contributed by atoms with Gasteiger partial charge >= 0.3 is 5.97 Å². The second-order valence-electron chi connectivity index (χ2n) is 4.67. The van der Waals surface area contributed by atoms with E-state index in [9.17, 15) is 9.59 Å². The highest BCUT2D eigenvalue weighted by molar-refractivity contribution is 6.33. The molecule has 2 N–H and O–H groups in total. The van der Waals surface area contributed by atoms with Crippen molar-refractivity contribution >= 4 is 29.2 Å². The summed E-state index contributed by atoms with van der Waals surface area (Å²) < 4.78 is 0. The molecule has 0 bridgehead atoms. The van der Waals surface area contributed by atoms with Crippen LogP contribution in [-0.2, 0) is 4.79 Å². The number of carboxylic acids is 1. The van der Waals surface area contributed by atoms with Gasteiger partial charge in [-0.1, -0.05) is 11.6 Å². The second kappa shape index (κ2) is 5.48. The molecule has 1 aromatic rings. The fourth-order valence-electron chi connectivity index (χ4n) is 1.72. The molecule has 1 aliphatic rings. The minimum atomic E-state index is -1.06. The van der Waals surface area contributed by atoms with Crippen molar-refractivity contribution in [3.05, 3.63) is 28.8 Å². The largest absolute Gasteiger partial charge is 0.478 e. The molecular formula is C13H15ClN2O3. The molecule has 0 atom stereocenters. The van der Waals surface area contributed by atoms with E-state index < -0.39 is 5.97 Å². The van der Waals surface area contributed by atoms with Gasteiger partial charge < -0.3 is 15.3 Å². The first-order chi connectivity index (χ1) is 8.97. The lowest BCUT2D eigenvalue weighted by Crippen LogP contribution is -2.36. The molecule has 5 nitrogen and oxygen atoms in total. The Morgan fingerprint density at radius 2 is 2.16 bits per heavy atom. The average molecular weight is 283 g/mol. The van der Waals surface area contributed by atoms with Crippen molar-refractivity contribution in [2.75, 3.05) is 18.5 Å². The Bertz CT molecular complexity index is 515. The number of likely N-dealkylation sites (N-methyl/N-ethyl adjacent to an activating group) is 1. The molecule has 2 rings (SSSR count). The monoisotopic (exact) mass is 282 g/mol. The number of nitrogens with one attached hydrogen (secondary N) is 1. The zero-order valence-electron chi connectivity index (χ0n) is 10.5. The van der Waals surface area contributed by atoms with Gasteiger partial charge in [0.25, 0.3) is 0 Å². The average Bonchev–Trinajstić information content (AvgIpc) is 3.11.